The lowest BCUT2D eigenvalue weighted by molar-refractivity contribution is 0.0604. The van der Waals surface area contributed by atoms with Gasteiger partial charge in [-0.1, -0.05) is 12.1 Å². The Hall–Kier alpha value is -0.950. The van der Waals surface area contributed by atoms with E-state index in [0.29, 0.717) is 24.5 Å². The molecule has 1 fully saturated rings. The van der Waals surface area contributed by atoms with Crippen molar-refractivity contribution in [2.45, 2.75) is 30.4 Å². The first-order valence-corrected chi connectivity index (χ1v) is 7.84. The zero-order valence-electron chi connectivity index (χ0n) is 11.1. The van der Waals surface area contributed by atoms with Crippen molar-refractivity contribution in [2.75, 3.05) is 20.2 Å². The van der Waals surface area contributed by atoms with Crippen LogP contribution in [-0.4, -0.2) is 39.0 Å². The average Bonchev–Trinajstić information content (AvgIpc) is 2.47. The van der Waals surface area contributed by atoms with Crippen LogP contribution >= 0.6 is 0 Å². The van der Waals surface area contributed by atoms with Crippen LogP contribution in [0.5, 0.6) is 0 Å². The third kappa shape index (κ3) is 3.14. The van der Waals surface area contributed by atoms with Crippen molar-refractivity contribution in [3.05, 3.63) is 29.8 Å². The second-order valence-corrected chi connectivity index (χ2v) is 6.63. The Bertz CT molecular complexity index is 505. The predicted molar refractivity (Wildman–Crippen MR) is 73.1 cm³/mol. The number of methoxy groups -OCH3 is 1. The predicted octanol–water partition coefficient (Wildman–Crippen LogP) is 0.945. The van der Waals surface area contributed by atoms with Crippen molar-refractivity contribution < 1.29 is 13.2 Å². The summed E-state index contributed by atoms with van der Waals surface area (Å²) >= 11 is 0. The molecule has 1 heterocycles. The molecule has 2 rings (SSSR count). The lowest BCUT2D eigenvalue weighted by atomic mass is 10.1. The summed E-state index contributed by atoms with van der Waals surface area (Å²) < 4.78 is 31.7. The van der Waals surface area contributed by atoms with Gasteiger partial charge in [0.1, 0.15) is 0 Å². The van der Waals surface area contributed by atoms with Crippen LogP contribution in [0.1, 0.15) is 18.4 Å². The van der Waals surface area contributed by atoms with Gasteiger partial charge in [-0.2, -0.15) is 4.31 Å². The van der Waals surface area contributed by atoms with Gasteiger partial charge in [0.05, 0.1) is 11.0 Å². The van der Waals surface area contributed by atoms with Crippen LogP contribution in [0.4, 0.5) is 0 Å². The van der Waals surface area contributed by atoms with E-state index in [0.717, 1.165) is 18.4 Å². The topological polar surface area (TPSA) is 72.6 Å². The Morgan fingerprint density at radius 1 is 1.26 bits per heavy atom. The van der Waals surface area contributed by atoms with Crippen LogP contribution in [0.25, 0.3) is 0 Å². The Labute approximate surface area is 114 Å². The second-order valence-electron chi connectivity index (χ2n) is 4.69. The van der Waals surface area contributed by atoms with Crippen LogP contribution in [0.3, 0.4) is 0 Å². The summed E-state index contributed by atoms with van der Waals surface area (Å²) in [7, 11) is -1.71. The van der Waals surface area contributed by atoms with Crippen LogP contribution in [0, 0.1) is 0 Å². The zero-order valence-corrected chi connectivity index (χ0v) is 11.9. The molecular weight excluding hydrogens is 264 g/mol. The van der Waals surface area contributed by atoms with Gasteiger partial charge in [0, 0.05) is 26.7 Å². The number of ether oxygens (including phenoxy) is 1. The van der Waals surface area contributed by atoms with Gasteiger partial charge in [-0.25, -0.2) is 8.42 Å². The van der Waals surface area contributed by atoms with Gasteiger partial charge in [0.15, 0.2) is 0 Å². The Kier molecular flexibility index (Phi) is 4.57. The van der Waals surface area contributed by atoms with E-state index < -0.39 is 10.0 Å². The van der Waals surface area contributed by atoms with E-state index in [1.807, 2.05) is 0 Å². The van der Waals surface area contributed by atoms with E-state index in [2.05, 4.69) is 0 Å². The fraction of sp³-hybridized carbons (Fsp3) is 0.538. The van der Waals surface area contributed by atoms with Crippen molar-refractivity contribution in [1.29, 1.82) is 0 Å². The molecular formula is C13H20N2O3S. The van der Waals surface area contributed by atoms with Crippen molar-refractivity contribution in [2.24, 2.45) is 5.73 Å². The normalized spacial score (nSPS) is 18.6. The van der Waals surface area contributed by atoms with Gasteiger partial charge in [-0.3, -0.25) is 0 Å². The maximum atomic E-state index is 12.4. The molecule has 106 valence electrons. The van der Waals surface area contributed by atoms with Crippen molar-refractivity contribution in [3.8, 4) is 0 Å². The number of nitrogens with two attached hydrogens (primary N) is 1. The van der Waals surface area contributed by atoms with Gasteiger partial charge < -0.3 is 10.5 Å². The molecule has 0 atom stereocenters. The zero-order chi connectivity index (χ0) is 13.9. The maximum absolute atomic E-state index is 12.4. The monoisotopic (exact) mass is 284 g/mol. The summed E-state index contributed by atoms with van der Waals surface area (Å²) in [5.74, 6) is 0. The number of hydrogen-bond acceptors (Lipinski definition) is 4. The maximum Gasteiger partial charge on any atom is 0.243 e. The molecule has 0 bridgehead atoms. The number of hydrogen-bond donors (Lipinski definition) is 1. The van der Waals surface area contributed by atoms with Crippen LogP contribution in [-0.2, 0) is 21.3 Å². The molecule has 1 saturated heterocycles. The van der Waals surface area contributed by atoms with Crippen LogP contribution < -0.4 is 5.73 Å². The Balaban J connectivity index is 2.13. The third-order valence-corrected chi connectivity index (χ3v) is 5.44. The summed E-state index contributed by atoms with van der Waals surface area (Å²) in [6.07, 6.45) is 1.67. The molecule has 0 amide bonds. The van der Waals surface area contributed by atoms with Gasteiger partial charge in [-0.15, -0.1) is 0 Å². The first-order valence-electron chi connectivity index (χ1n) is 6.40. The number of piperidine rings is 1. The van der Waals surface area contributed by atoms with Crippen molar-refractivity contribution in [3.63, 3.8) is 0 Å². The SMILES string of the molecule is COC1CCN(S(=O)(=O)c2ccc(CN)cc2)CC1. The molecule has 0 unspecified atom stereocenters. The summed E-state index contributed by atoms with van der Waals surface area (Å²) in [5.41, 5.74) is 6.44. The third-order valence-electron chi connectivity index (χ3n) is 3.53. The van der Waals surface area contributed by atoms with E-state index in [9.17, 15) is 8.42 Å². The highest BCUT2D eigenvalue weighted by Gasteiger charge is 2.29. The molecule has 1 aliphatic heterocycles. The molecule has 0 spiro atoms. The largest absolute Gasteiger partial charge is 0.381 e. The quantitative estimate of drug-likeness (QED) is 0.893. The average molecular weight is 284 g/mol. The van der Waals surface area contributed by atoms with E-state index in [-0.39, 0.29) is 6.10 Å². The second kappa shape index (κ2) is 6.00. The minimum Gasteiger partial charge on any atom is -0.381 e. The van der Waals surface area contributed by atoms with Crippen LogP contribution in [0.2, 0.25) is 0 Å². The van der Waals surface area contributed by atoms with E-state index in [4.69, 9.17) is 10.5 Å². The lowest BCUT2D eigenvalue weighted by Crippen LogP contribution is -2.40. The highest BCUT2D eigenvalue weighted by Crippen LogP contribution is 2.22. The van der Waals surface area contributed by atoms with Gasteiger partial charge in [0.2, 0.25) is 10.0 Å². The molecule has 0 aromatic heterocycles. The molecule has 2 N–H and O–H groups in total. The smallest absolute Gasteiger partial charge is 0.243 e. The first kappa shape index (κ1) is 14.5. The number of sulfonamides is 1. The molecule has 0 radical (unpaired) electrons. The van der Waals surface area contributed by atoms with E-state index in [1.165, 1.54) is 4.31 Å². The Morgan fingerprint density at radius 3 is 2.32 bits per heavy atom. The molecule has 1 aromatic rings. The van der Waals surface area contributed by atoms with Gasteiger partial charge >= 0.3 is 0 Å². The molecule has 1 aromatic carbocycles. The lowest BCUT2D eigenvalue weighted by Gasteiger charge is -2.30. The van der Waals surface area contributed by atoms with Crippen LogP contribution in [0.15, 0.2) is 29.2 Å². The fourth-order valence-electron chi connectivity index (χ4n) is 2.25. The fourth-order valence-corrected chi connectivity index (χ4v) is 3.72. The summed E-state index contributed by atoms with van der Waals surface area (Å²) in [6.45, 7) is 1.44. The molecule has 6 heteroatoms. The number of rotatable bonds is 4. The highest BCUT2D eigenvalue weighted by atomic mass is 32.2. The first-order chi connectivity index (χ1) is 9.07. The summed E-state index contributed by atoms with van der Waals surface area (Å²) in [4.78, 5) is 0.334. The van der Waals surface area contributed by atoms with Crippen molar-refractivity contribution >= 4 is 10.0 Å². The summed E-state index contributed by atoms with van der Waals surface area (Å²) in [5, 5.41) is 0. The summed E-state index contributed by atoms with van der Waals surface area (Å²) in [6, 6.07) is 6.77. The van der Waals surface area contributed by atoms with Gasteiger partial charge in [-0.05, 0) is 30.5 Å². The van der Waals surface area contributed by atoms with Gasteiger partial charge in [0.25, 0.3) is 0 Å². The molecule has 19 heavy (non-hydrogen) atoms. The van der Waals surface area contributed by atoms with Crippen molar-refractivity contribution in [1.82, 2.24) is 4.31 Å². The number of nitrogens with zero attached hydrogens (tertiary/aromatic N) is 1. The van der Waals surface area contributed by atoms with E-state index in [1.54, 1.807) is 31.4 Å². The number of benzene rings is 1. The molecule has 0 saturated carbocycles. The molecule has 5 nitrogen and oxygen atoms in total. The molecule has 0 aliphatic carbocycles. The Morgan fingerprint density at radius 2 is 1.84 bits per heavy atom. The minimum atomic E-state index is -3.38. The minimum absolute atomic E-state index is 0.172. The standard InChI is InChI=1S/C13H20N2O3S/c1-18-12-6-8-15(9-7-12)19(16,17)13-4-2-11(10-14)3-5-13/h2-5,12H,6-10,14H2,1H3. The molecule has 1 aliphatic rings. The van der Waals surface area contributed by atoms with E-state index >= 15 is 0 Å². The highest BCUT2D eigenvalue weighted by molar-refractivity contribution is 7.89.